The van der Waals surface area contributed by atoms with Crippen molar-refractivity contribution in [1.29, 1.82) is 0 Å². The van der Waals surface area contributed by atoms with E-state index in [0.717, 1.165) is 13.0 Å². The van der Waals surface area contributed by atoms with Crippen molar-refractivity contribution in [3.8, 4) is 0 Å². The normalized spacial score (nSPS) is 36.7. The van der Waals surface area contributed by atoms with Crippen molar-refractivity contribution in [2.75, 3.05) is 13.2 Å². The molecule has 1 aromatic heterocycles. The highest BCUT2D eigenvalue weighted by Crippen LogP contribution is 2.54. The topological polar surface area (TPSA) is 28.4 Å². The molecule has 3 saturated heterocycles. The molecule has 0 radical (unpaired) electrons. The highest BCUT2D eigenvalue weighted by Gasteiger charge is 2.52. The number of nitrogens with zero attached hydrogens (tertiary/aromatic N) is 2. The van der Waals surface area contributed by atoms with Crippen LogP contribution in [-0.4, -0.2) is 33.8 Å². The van der Waals surface area contributed by atoms with Crippen LogP contribution in [-0.2, 0) is 13.5 Å². The summed E-state index contributed by atoms with van der Waals surface area (Å²) < 4.78 is 2.40. The highest BCUT2D eigenvalue weighted by atomic mass is 16.3. The van der Waals surface area contributed by atoms with Gasteiger partial charge in [0, 0.05) is 61.2 Å². The van der Waals surface area contributed by atoms with Crippen molar-refractivity contribution in [3.05, 3.63) is 47.2 Å². The number of aromatic nitrogens is 1. The summed E-state index contributed by atoms with van der Waals surface area (Å²) in [6, 6.07) is 9.87. The van der Waals surface area contributed by atoms with Crippen LogP contribution in [0.3, 0.4) is 0 Å². The molecule has 0 aliphatic carbocycles. The van der Waals surface area contributed by atoms with Gasteiger partial charge >= 0.3 is 0 Å². The number of aliphatic hydroxyl groups excluding tert-OH is 1. The first kappa shape index (κ1) is 13.8. The van der Waals surface area contributed by atoms with Crippen LogP contribution in [0.5, 0.6) is 0 Å². The van der Waals surface area contributed by atoms with Gasteiger partial charge in [0.2, 0.25) is 0 Å². The Morgan fingerprint density at radius 3 is 2.91 bits per heavy atom. The van der Waals surface area contributed by atoms with Crippen LogP contribution in [0.1, 0.15) is 30.6 Å². The van der Waals surface area contributed by atoms with Crippen molar-refractivity contribution in [1.82, 2.24) is 9.47 Å². The number of para-hydroxylation sites is 1. The van der Waals surface area contributed by atoms with E-state index in [1.165, 1.54) is 23.0 Å². The molecule has 5 heterocycles. The summed E-state index contributed by atoms with van der Waals surface area (Å²) >= 11 is 0. The number of aryl methyl sites for hydroxylation is 1. The number of hydrogen-bond acceptors (Lipinski definition) is 2. The van der Waals surface area contributed by atoms with Gasteiger partial charge in [-0.2, -0.15) is 0 Å². The molecule has 0 saturated carbocycles. The molecule has 4 aliphatic rings. The van der Waals surface area contributed by atoms with E-state index < -0.39 is 0 Å². The Bertz CT molecular complexity index is 818. The maximum Gasteiger partial charge on any atom is 0.0483 e. The molecule has 6 rings (SSSR count). The van der Waals surface area contributed by atoms with Crippen LogP contribution < -0.4 is 0 Å². The van der Waals surface area contributed by atoms with Crippen molar-refractivity contribution >= 4 is 10.9 Å². The molecular weight excluding hydrogens is 284 g/mol. The van der Waals surface area contributed by atoms with E-state index in [-0.39, 0.29) is 0 Å². The summed E-state index contributed by atoms with van der Waals surface area (Å²) in [5, 5.41) is 11.5. The van der Waals surface area contributed by atoms with Gasteiger partial charge in [-0.1, -0.05) is 29.8 Å². The van der Waals surface area contributed by atoms with E-state index in [9.17, 15) is 5.11 Å². The van der Waals surface area contributed by atoms with Crippen LogP contribution in [0, 0.1) is 11.8 Å². The zero-order chi connectivity index (χ0) is 15.7. The molecule has 1 aromatic carbocycles. The minimum atomic E-state index is 0.315. The summed E-state index contributed by atoms with van der Waals surface area (Å²) in [6.45, 7) is 3.57. The van der Waals surface area contributed by atoms with Crippen LogP contribution in [0.2, 0.25) is 0 Å². The zero-order valence-corrected chi connectivity index (χ0v) is 13.9. The summed E-state index contributed by atoms with van der Waals surface area (Å²) in [5.41, 5.74) is 5.96. The second-order valence-electron chi connectivity index (χ2n) is 7.45. The van der Waals surface area contributed by atoms with Gasteiger partial charge in [-0.3, -0.25) is 4.90 Å². The summed E-state index contributed by atoms with van der Waals surface area (Å²) in [4.78, 5) is 2.69. The van der Waals surface area contributed by atoms with Crippen LogP contribution in [0.15, 0.2) is 35.9 Å². The minimum absolute atomic E-state index is 0.315. The lowest BCUT2D eigenvalue weighted by Crippen LogP contribution is -2.61. The van der Waals surface area contributed by atoms with Gasteiger partial charge in [-0.15, -0.1) is 0 Å². The smallest absolute Gasteiger partial charge is 0.0483 e. The monoisotopic (exact) mass is 308 g/mol. The average molecular weight is 308 g/mol. The van der Waals surface area contributed by atoms with Gasteiger partial charge in [-0.05, 0) is 30.9 Å². The molecule has 2 aromatic rings. The molecule has 5 unspecified atom stereocenters. The molecule has 4 aliphatic heterocycles. The van der Waals surface area contributed by atoms with Gasteiger partial charge in [-0.25, -0.2) is 0 Å². The van der Waals surface area contributed by atoms with Crippen molar-refractivity contribution in [2.45, 2.75) is 31.8 Å². The second-order valence-corrected chi connectivity index (χ2v) is 7.45. The van der Waals surface area contributed by atoms with E-state index in [1.54, 1.807) is 11.1 Å². The van der Waals surface area contributed by atoms with E-state index in [2.05, 4.69) is 53.8 Å². The molecule has 1 N–H and O–H groups in total. The first-order chi connectivity index (χ1) is 11.2. The maximum atomic E-state index is 10.0. The maximum absolute atomic E-state index is 10.0. The Morgan fingerprint density at radius 1 is 1.30 bits per heavy atom. The molecule has 23 heavy (non-hydrogen) atoms. The second kappa shape index (κ2) is 4.71. The Morgan fingerprint density at radius 2 is 2.13 bits per heavy atom. The molecule has 3 fully saturated rings. The molecule has 3 nitrogen and oxygen atoms in total. The lowest BCUT2D eigenvalue weighted by molar-refractivity contribution is -0.0496. The SMILES string of the molecule is C/C=C1/CN2C3CC1C(CO)C2Cc1c3c2ccccc2n1C. The number of aliphatic hydroxyl groups is 1. The van der Waals surface area contributed by atoms with E-state index in [0.29, 0.717) is 30.5 Å². The molecule has 0 spiro atoms. The van der Waals surface area contributed by atoms with Crippen LogP contribution in [0.25, 0.3) is 10.9 Å². The summed E-state index contributed by atoms with van der Waals surface area (Å²) in [7, 11) is 2.21. The third-order valence-corrected chi connectivity index (χ3v) is 6.74. The number of hydrogen-bond donors (Lipinski definition) is 1. The van der Waals surface area contributed by atoms with Gasteiger partial charge in [0.1, 0.15) is 0 Å². The van der Waals surface area contributed by atoms with Crippen molar-refractivity contribution in [3.63, 3.8) is 0 Å². The number of benzene rings is 1. The third kappa shape index (κ3) is 1.62. The van der Waals surface area contributed by atoms with Gasteiger partial charge in [0.25, 0.3) is 0 Å². The zero-order valence-electron chi connectivity index (χ0n) is 13.9. The molecule has 5 atom stereocenters. The highest BCUT2D eigenvalue weighted by molar-refractivity contribution is 5.86. The number of piperidine rings is 3. The lowest BCUT2D eigenvalue weighted by Gasteiger charge is -2.58. The predicted octanol–water partition coefficient (Wildman–Crippen LogP) is 3.03. The van der Waals surface area contributed by atoms with Crippen LogP contribution >= 0.6 is 0 Å². The number of rotatable bonds is 1. The Balaban J connectivity index is 1.73. The fourth-order valence-electron chi connectivity index (χ4n) is 5.68. The van der Waals surface area contributed by atoms with Crippen molar-refractivity contribution in [2.24, 2.45) is 18.9 Å². The quantitative estimate of drug-likeness (QED) is 0.820. The Labute approximate surface area is 137 Å². The standard InChI is InChI=1S/C20H24N2O/c1-3-12-10-22-17-9-18-20(19(22)8-14(12)15(17)11-23)13-6-4-5-7-16(13)21(18)2/h3-7,14-15,17,19,23H,8-11H2,1-2H3/b12-3-. The average Bonchev–Trinajstić information content (AvgIpc) is 2.87. The third-order valence-electron chi connectivity index (χ3n) is 6.74. The fraction of sp³-hybridized carbons (Fsp3) is 0.500. The largest absolute Gasteiger partial charge is 0.396 e. The fourth-order valence-corrected chi connectivity index (χ4v) is 5.68. The van der Waals surface area contributed by atoms with Crippen LogP contribution in [0.4, 0.5) is 0 Å². The molecule has 4 bridgehead atoms. The van der Waals surface area contributed by atoms with Gasteiger partial charge in [0.05, 0.1) is 0 Å². The first-order valence-electron chi connectivity index (χ1n) is 8.82. The predicted molar refractivity (Wildman–Crippen MR) is 92.3 cm³/mol. The lowest BCUT2D eigenvalue weighted by atomic mass is 9.64. The molecular formula is C20H24N2O. The summed E-state index contributed by atoms with van der Waals surface area (Å²) in [5.74, 6) is 0.967. The van der Waals surface area contributed by atoms with E-state index in [4.69, 9.17) is 0 Å². The molecule has 0 amide bonds. The Hall–Kier alpha value is -1.58. The number of allylic oxidation sites excluding steroid dienone is 1. The van der Waals surface area contributed by atoms with E-state index >= 15 is 0 Å². The summed E-state index contributed by atoms with van der Waals surface area (Å²) in [6.07, 6.45) is 4.54. The first-order valence-corrected chi connectivity index (χ1v) is 8.82. The molecule has 120 valence electrons. The van der Waals surface area contributed by atoms with Gasteiger partial charge in [0.15, 0.2) is 0 Å². The van der Waals surface area contributed by atoms with Crippen molar-refractivity contribution < 1.29 is 5.11 Å². The molecule has 3 heteroatoms. The Kier molecular flexibility index (Phi) is 2.83. The minimum Gasteiger partial charge on any atom is -0.396 e. The van der Waals surface area contributed by atoms with E-state index in [1.807, 2.05) is 0 Å². The number of fused-ring (bicyclic) bond motifs is 4. The van der Waals surface area contributed by atoms with Gasteiger partial charge < -0.3 is 9.67 Å².